The molecule has 17 heteroatoms. The first kappa shape index (κ1) is 39.9. The van der Waals surface area contributed by atoms with Crippen molar-refractivity contribution >= 4 is 47.3 Å². The van der Waals surface area contributed by atoms with Gasteiger partial charge in [0.15, 0.2) is 0 Å². The van der Waals surface area contributed by atoms with Gasteiger partial charge in [-0.2, -0.15) is 0 Å². The number of carboxylic acid groups (broad SMARTS) is 1. The van der Waals surface area contributed by atoms with E-state index in [-0.39, 0.29) is 43.0 Å². The van der Waals surface area contributed by atoms with Crippen LogP contribution in [0.1, 0.15) is 97.3 Å². The third kappa shape index (κ3) is 8.76. The monoisotopic (exact) mass is 744 g/mol. The number of hydrogen-bond acceptors (Lipinski definition) is 9. The standard InChI is InChI=1S/C36H56N8O9/c1-21(2)20-23(39-31(48)25-9-4-16-41(25)32(49)22(37)13-14-29(45)46)33(50)42-17-5-10-26(42)35(52)44-19-7-12-28(44)36(53)43-18-6-11-27(43)34(51)40-15-3-8-24(40)30(38)47/h21-28H,3-20,37H2,1-2H3,(H2,38,47)(H,39,48)(H,45,46)/t22-,23-,24-,25-,26-,27-,28-/m0/s1. The van der Waals surface area contributed by atoms with E-state index in [1.807, 2.05) is 13.8 Å². The number of aliphatic carboxylic acids is 1. The smallest absolute Gasteiger partial charge is 0.303 e. The minimum absolute atomic E-state index is 0.00210. The van der Waals surface area contributed by atoms with Crippen molar-refractivity contribution in [3.05, 3.63) is 0 Å². The van der Waals surface area contributed by atoms with Crippen LogP contribution in [0.25, 0.3) is 0 Å². The molecule has 7 amide bonds. The zero-order valence-electron chi connectivity index (χ0n) is 31.0. The molecule has 0 radical (unpaired) electrons. The van der Waals surface area contributed by atoms with Crippen molar-refractivity contribution in [2.45, 2.75) is 140 Å². The fourth-order valence-corrected chi connectivity index (χ4v) is 8.84. The first-order valence-electron chi connectivity index (χ1n) is 19.3. The minimum atomic E-state index is -1.07. The van der Waals surface area contributed by atoms with Gasteiger partial charge < -0.3 is 46.4 Å². The first-order chi connectivity index (χ1) is 25.2. The third-order valence-corrected chi connectivity index (χ3v) is 11.5. The Hall–Kier alpha value is -4.28. The summed E-state index contributed by atoms with van der Waals surface area (Å²) < 4.78 is 0. The Morgan fingerprint density at radius 2 is 1.02 bits per heavy atom. The highest BCUT2D eigenvalue weighted by molar-refractivity contribution is 5.98. The Morgan fingerprint density at radius 3 is 1.47 bits per heavy atom. The lowest BCUT2D eigenvalue weighted by molar-refractivity contribution is -0.153. The van der Waals surface area contributed by atoms with Crippen LogP contribution >= 0.6 is 0 Å². The van der Waals surface area contributed by atoms with E-state index in [0.29, 0.717) is 96.8 Å². The summed E-state index contributed by atoms with van der Waals surface area (Å²) in [5.41, 5.74) is 11.5. The zero-order chi connectivity index (χ0) is 38.6. The fraction of sp³-hybridized carbons (Fsp3) is 0.778. The predicted molar refractivity (Wildman–Crippen MR) is 189 cm³/mol. The van der Waals surface area contributed by atoms with Gasteiger partial charge in [0.2, 0.25) is 41.4 Å². The summed E-state index contributed by atoms with van der Waals surface area (Å²) in [4.78, 5) is 113. The van der Waals surface area contributed by atoms with Crippen LogP contribution in [0.2, 0.25) is 0 Å². The number of hydrogen-bond donors (Lipinski definition) is 4. The SMILES string of the molecule is CC(C)C[C@H](NC(=O)[C@@H]1CCCN1C(=O)[C@@H](N)CCC(=O)O)C(=O)N1CCC[C@H]1C(=O)N1CCC[C@H]1C(=O)N1CCC[C@H]1C(=O)N1CCC[C@H]1C(N)=O. The molecule has 0 aromatic rings. The van der Waals surface area contributed by atoms with E-state index in [2.05, 4.69) is 5.32 Å². The molecule has 5 fully saturated rings. The third-order valence-electron chi connectivity index (χ3n) is 11.5. The maximum Gasteiger partial charge on any atom is 0.303 e. The molecule has 0 saturated carbocycles. The van der Waals surface area contributed by atoms with Gasteiger partial charge in [-0.25, -0.2) is 0 Å². The number of nitrogens with one attached hydrogen (secondary N) is 1. The lowest BCUT2D eigenvalue weighted by Crippen LogP contribution is -2.59. The average Bonchev–Trinajstić information content (AvgIpc) is 3.96. The molecular weight excluding hydrogens is 688 g/mol. The second kappa shape index (κ2) is 17.2. The molecule has 0 spiro atoms. The van der Waals surface area contributed by atoms with Crippen molar-refractivity contribution in [3.63, 3.8) is 0 Å². The molecule has 0 aromatic carbocycles. The highest BCUT2D eigenvalue weighted by atomic mass is 16.4. The molecule has 5 aliphatic rings. The van der Waals surface area contributed by atoms with E-state index < -0.39 is 71.9 Å². The molecule has 0 aliphatic carbocycles. The Balaban J connectivity index is 1.25. The number of likely N-dealkylation sites (tertiary alicyclic amines) is 5. The summed E-state index contributed by atoms with van der Waals surface area (Å²) in [5, 5.41) is 11.9. The second-order valence-electron chi connectivity index (χ2n) is 15.6. The molecule has 294 valence electrons. The van der Waals surface area contributed by atoms with Gasteiger partial charge in [0.25, 0.3) is 0 Å². The van der Waals surface area contributed by atoms with Gasteiger partial charge in [0.1, 0.15) is 36.3 Å². The van der Waals surface area contributed by atoms with E-state index in [1.54, 1.807) is 9.80 Å². The van der Waals surface area contributed by atoms with Gasteiger partial charge in [0, 0.05) is 39.1 Å². The maximum absolute atomic E-state index is 14.2. The Kier molecular flexibility index (Phi) is 13.0. The Labute approximate surface area is 310 Å². The number of nitrogens with zero attached hydrogens (tertiary/aromatic N) is 5. The van der Waals surface area contributed by atoms with E-state index in [0.717, 1.165) is 0 Å². The predicted octanol–water partition coefficient (Wildman–Crippen LogP) is -0.850. The number of carboxylic acids is 1. The Bertz CT molecular complexity index is 1460. The average molecular weight is 745 g/mol. The molecule has 0 aromatic heterocycles. The molecule has 53 heavy (non-hydrogen) atoms. The van der Waals surface area contributed by atoms with E-state index in [9.17, 15) is 38.4 Å². The van der Waals surface area contributed by atoms with Gasteiger partial charge in [-0.3, -0.25) is 38.4 Å². The molecular formula is C36H56N8O9. The number of nitrogens with two attached hydrogens (primary N) is 2. The van der Waals surface area contributed by atoms with Gasteiger partial charge in [-0.1, -0.05) is 13.8 Å². The van der Waals surface area contributed by atoms with Crippen molar-refractivity contribution < 1.29 is 43.5 Å². The van der Waals surface area contributed by atoms with Gasteiger partial charge in [0.05, 0.1) is 6.04 Å². The Morgan fingerprint density at radius 1 is 0.623 bits per heavy atom. The lowest BCUT2D eigenvalue weighted by Gasteiger charge is -2.36. The van der Waals surface area contributed by atoms with Gasteiger partial charge >= 0.3 is 5.97 Å². The van der Waals surface area contributed by atoms with Crippen LogP contribution in [0, 0.1) is 5.92 Å². The fourth-order valence-electron chi connectivity index (χ4n) is 8.84. The van der Waals surface area contributed by atoms with E-state index in [1.165, 1.54) is 14.7 Å². The number of amides is 7. The van der Waals surface area contributed by atoms with E-state index in [4.69, 9.17) is 16.6 Å². The highest BCUT2D eigenvalue weighted by Gasteiger charge is 2.48. The van der Waals surface area contributed by atoms with Crippen molar-refractivity contribution in [3.8, 4) is 0 Å². The summed E-state index contributed by atoms with van der Waals surface area (Å²) in [7, 11) is 0. The summed E-state index contributed by atoms with van der Waals surface area (Å²) >= 11 is 0. The van der Waals surface area contributed by atoms with Crippen LogP contribution in [0.5, 0.6) is 0 Å². The number of carbonyl (C=O) groups excluding carboxylic acids is 7. The highest BCUT2D eigenvalue weighted by Crippen LogP contribution is 2.31. The quantitative estimate of drug-likeness (QED) is 0.182. The van der Waals surface area contributed by atoms with Crippen LogP contribution in [0.4, 0.5) is 0 Å². The molecule has 17 nitrogen and oxygen atoms in total. The molecule has 5 saturated heterocycles. The molecule has 5 aliphatic heterocycles. The molecule has 5 rings (SSSR count). The summed E-state index contributed by atoms with van der Waals surface area (Å²) in [6, 6.07) is -5.90. The van der Waals surface area contributed by atoms with Crippen molar-refractivity contribution in [1.29, 1.82) is 0 Å². The van der Waals surface area contributed by atoms with Crippen LogP contribution in [0.15, 0.2) is 0 Å². The van der Waals surface area contributed by atoms with Gasteiger partial charge in [-0.05, 0) is 83.0 Å². The molecule has 0 unspecified atom stereocenters. The minimum Gasteiger partial charge on any atom is -0.481 e. The topological polar surface area (TPSA) is 237 Å². The summed E-state index contributed by atoms with van der Waals surface area (Å²) in [5.74, 6) is -3.97. The number of carbonyl (C=O) groups is 8. The summed E-state index contributed by atoms with van der Waals surface area (Å²) in [6.07, 6.45) is 5.10. The maximum atomic E-state index is 14.2. The normalized spacial score (nSPS) is 27.0. The zero-order valence-corrected chi connectivity index (χ0v) is 31.0. The molecule has 6 N–H and O–H groups in total. The second-order valence-corrected chi connectivity index (χ2v) is 15.6. The van der Waals surface area contributed by atoms with Crippen molar-refractivity contribution in [2.75, 3.05) is 32.7 Å². The molecule has 7 atom stereocenters. The van der Waals surface area contributed by atoms with Crippen LogP contribution in [0.3, 0.4) is 0 Å². The summed E-state index contributed by atoms with van der Waals surface area (Å²) in [6.45, 7) is 5.54. The van der Waals surface area contributed by atoms with Crippen molar-refractivity contribution in [2.24, 2.45) is 17.4 Å². The van der Waals surface area contributed by atoms with Crippen LogP contribution in [-0.4, -0.2) is 152 Å². The van der Waals surface area contributed by atoms with Crippen LogP contribution < -0.4 is 16.8 Å². The molecule has 0 bridgehead atoms. The van der Waals surface area contributed by atoms with E-state index >= 15 is 0 Å². The van der Waals surface area contributed by atoms with Crippen molar-refractivity contribution in [1.82, 2.24) is 29.8 Å². The largest absolute Gasteiger partial charge is 0.481 e. The van der Waals surface area contributed by atoms with Crippen LogP contribution in [-0.2, 0) is 38.4 Å². The lowest BCUT2D eigenvalue weighted by atomic mass is 10.0. The number of rotatable bonds is 13. The van der Waals surface area contributed by atoms with Gasteiger partial charge in [-0.15, -0.1) is 0 Å². The first-order valence-corrected chi connectivity index (χ1v) is 19.3. The number of primary amides is 1. The molecule has 5 heterocycles.